The molecule has 1 atom stereocenters. The van der Waals surface area contributed by atoms with Gasteiger partial charge in [0.05, 0.1) is 28.4 Å². The number of hydrogen-bond acceptors (Lipinski definition) is 3. The fraction of sp³-hybridized carbons (Fsp3) is 0.222. The molecule has 2 N–H and O–H groups in total. The smallest absolute Gasteiger partial charge is 0.416 e. The third-order valence-corrected chi connectivity index (χ3v) is 4.22. The van der Waals surface area contributed by atoms with Crippen molar-refractivity contribution >= 4 is 34.8 Å². The maximum Gasteiger partial charge on any atom is 0.416 e. The van der Waals surface area contributed by atoms with Gasteiger partial charge in [-0.15, -0.1) is 0 Å². The molecule has 5 nitrogen and oxygen atoms in total. The average Bonchev–Trinajstić information content (AvgIpc) is 2.56. The van der Waals surface area contributed by atoms with E-state index in [1.807, 2.05) is 6.92 Å². The van der Waals surface area contributed by atoms with E-state index in [0.29, 0.717) is 11.4 Å². The maximum atomic E-state index is 12.8. The van der Waals surface area contributed by atoms with E-state index in [1.54, 1.807) is 18.2 Å². The number of halogens is 4. The largest absolute Gasteiger partial charge is 0.478 e. The SMILES string of the molecule is Cc1ccc2c(c1)NC(=O)[C@H](CC(=O)Nc1cc(C(F)(F)F)ccc1Cl)O2. The number of ether oxygens (including phenoxy) is 1. The molecule has 0 spiro atoms. The van der Waals surface area contributed by atoms with E-state index in [9.17, 15) is 22.8 Å². The minimum atomic E-state index is -4.57. The van der Waals surface area contributed by atoms with Crippen LogP contribution in [0.4, 0.5) is 24.5 Å². The molecule has 0 aliphatic carbocycles. The minimum absolute atomic E-state index is 0.0498. The zero-order valence-electron chi connectivity index (χ0n) is 14.0. The highest BCUT2D eigenvalue weighted by molar-refractivity contribution is 6.33. The molecule has 0 aromatic heterocycles. The molecule has 0 fully saturated rings. The van der Waals surface area contributed by atoms with Crippen molar-refractivity contribution in [3.63, 3.8) is 0 Å². The van der Waals surface area contributed by atoms with Crippen LogP contribution in [-0.4, -0.2) is 17.9 Å². The summed E-state index contributed by atoms with van der Waals surface area (Å²) in [6.07, 6.45) is -6.06. The molecule has 27 heavy (non-hydrogen) atoms. The van der Waals surface area contributed by atoms with Crippen LogP contribution in [0.3, 0.4) is 0 Å². The number of benzene rings is 2. The molecule has 0 bridgehead atoms. The summed E-state index contributed by atoms with van der Waals surface area (Å²) in [5.41, 5.74) is 0.285. The molecule has 0 radical (unpaired) electrons. The van der Waals surface area contributed by atoms with Crippen LogP contribution in [0.5, 0.6) is 5.75 Å². The van der Waals surface area contributed by atoms with Crippen LogP contribution < -0.4 is 15.4 Å². The summed E-state index contributed by atoms with van der Waals surface area (Å²) in [5.74, 6) is -0.805. The van der Waals surface area contributed by atoms with Crippen molar-refractivity contribution in [2.24, 2.45) is 0 Å². The molecule has 142 valence electrons. The Kier molecular flexibility index (Phi) is 5.01. The van der Waals surface area contributed by atoms with Crippen LogP contribution in [0, 0.1) is 6.92 Å². The molecule has 2 aromatic rings. The predicted molar refractivity (Wildman–Crippen MR) is 93.9 cm³/mol. The molecule has 2 aromatic carbocycles. The maximum absolute atomic E-state index is 12.8. The number of fused-ring (bicyclic) bond motifs is 1. The fourth-order valence-electron chi connectivity index (χ4n) is 2.57. The summed E-state index contributed by atoms with van der Waals surface area (Å²) in [5, 5.41) is 4.88. The average molecular weight is 399 g/mol. The fourth-order valence-corrected chi connectivity index (χ4v) is 2.73. The zero-order valence-corrected chi connectivity index (χ0v) is 14.7. The Balaban J connectivity index is 1.71. The van der Waals surface area contributed by atoms with Gasteiger partial charge in [-0.2, -0.15) is 13.2 Å². The topological polar surface area (TPSA) is 67.4 Å². The molecule has 0 saturated heterocycles. The van der Waals surface area contributed by atoms with Crippen molar-refractivity contribution in [1.82, 2.24) is 0 Å². The van der Waals surface area contributed by atoms with Crippen LogP contribution in [0.2, 0.25) is 5.02 Å². The van der Waals surface area contributed by atoms with Crippen molar-refractivity contribution in [2.45, 2.75) is 25.6 Å². The van der Waals surface area contributed by atoms with E-state index >= 15 is 0 Å². The highest BCUT2D eigenvalue weighted by Gasteiger charge is 2.32. The van der Waals surface area contributed by atoms with Gasteiger partial charge >= 0.3 is 6.18 Å². The van der Waals surface area contributed by atoms with Gasteiger partial charge in [-0.3, -0.25) is 9.59 Å². The second kappa shape index (κ2) is 7.11. The monoisotopic (exact) mass is 398 g/mol. The highest BCUT2D eigenvalue weighted by Crippen LogP contribution is 2.34. The number of carbonyl (C=O) groups is 2. The number of nitrogens with one attached hydrogen (secondary N) is 2. The summed E-state index contributed by atoms with van der Waals surface area (Å²) >= 11 is 5.85. The van der Waals surface area contributed by atoms with Gasteiger partial charge in [0, 0.05) is 0 Å². The minimum Gasteiger partial charge on any atom is -0.478 e. The van der Waals surface area contributed by atoms with Gasteiger partial charge in [0.1, 0.15) is 5.75 Å². The lowest BCUT2D eigenvalue weighted by Gasteiger charge is -2.25. The number of anilines is 2. The van der Waals surface area contributed by atoms with Crippen molar-refractivity contribution in [3.05, 3.63) is 52.5 Å². The highest BCUT2D eigenvalue weighted by atomic mass is 35.5. The van der Waals surface area contributed by atoms with E-state index in [4.69, 9.17) is 16.3 Å². The quantitative estimate of drug-likeness (QED) is 0.805. The summed E-state index contributed by atoms with van der Waals surface area (Å²) in [7, 11) is 0. The summed E-state index contributed by atoms with van der Waals surface area (Å²) in [4.78, 5) is 24.3. The first-order chi connectivity index (χ1) is 12.6. The van der Waals surface area contributed by atoms with Gasteiger partial charge in [-0.1, -0.05) is 17.7 Å². The molecule has 1 heterocycles. The van der Waals surface area contributed by atoms with Gasteiger partial charge < -0.3 is 15.4 Å². The number of rotatable bonds is 3. The van der Waals surface area contributed by atoms with Gasteiger partial charge in [0.25, 0.3) is 5.91 Å². The molecular weight excluding hydrogens is 385 g/mol. The van der Waals surface area contributed by atoms with Crippen molar-refractivity contribution < 1.29 is 27.5 Å². The number of aryl methyl sites for hydroxylation is 1. The number of hydrogen-bond donors (Lipinski definition) is 2. The van der Waals surface area contributed by atoms with Gasteiger partial charge in [0.2, 0.25) is 5.91 Å². The number of carbonyl (C=O) groups excluding carboxylic acids is 2. The lowest BCUT2D eigenvalue weighted by Crippen LogP contribution is -2.39. The Morgan fingerprint density at radius 1 is 1.26 bits per heavy atom. The van der Waals surface area contributed by atoms with Crippen LogP contribution in [0.15, 0.2) is 36.4 Å². The van der Waals surface area contributed by atoms with Crippen LogP contribution in [-0.2, 0) is 15.8 Å². The lowest BCUT2D eigenvalue weighted by molar-refractivity contribution is -0.137. The number of alkyl halides is 3. The van der Waals surface area contributed by atoms with Crippen molar-refractivity contribution in [2.75, 3.05) is 10.6 Å². The third kappa shape index (κ3) is 4.33. The second-order valence-electron chi connectivity index (χ2n) is 6.04. The first-order valence-electron chi connectivity index (χ1n) is 7.88. The number of amides is 2. The first-order valence-corrected chi connectivity index (χ1v) is 8.26. The molecule has 1 aliphatic heterocycles. The van der Waals surface area contributed by atoms with Crippen molar-refractivity contribution in [1.29, 1.82) is 0 Å². The lowest BCUT2D eigenvalue weighted by atomic mass is 10.1. The molecule has 0 saturated carbocycles. The van der Waals surface area contributed by atoms with E-state index in [1.165, 1.54) is 0 Å². The van der Waals surface area contributed by atoms with Gasteiger partial charge in [0.15, 0.2) is 6.10 Å². The van der Waals surface area contributed by atoms with E-state index in [0.717, 1.165) is 23.8 Å². The Hall–Kier alpha value is -2.74. The molecule has 9 heteroatoms. The Morgan fingerprint density at radius 3 is 2.70 bits per heavy atom. The third-order valence-electron chi connectivity index (χ3n) is 3.89. The molecule has 3 rings (SSSR count). The molecule has 0 unspecified atom stereocenters. The Morgan fingerprint density at radius 2 is 2.00 bits per heavy atom. The van der Waals surface area contributed by atoms with Crippen molar-refractivity contribution in [3.8, 4) is 5.75 Å². The zero-order chi connectivity index (χ0) is 19.8. The van der Waals surface area contributed by atoms with E-state index in [2.05, 4.69) is 10.6 Å². The Labute approximate surface area is 157 Å². The van der Waals surface area contributed by atoms with E-state index in [-0.39, 0.29) is 17.1 Å². The Bertz CT molecular complexity index is 915. The second-order valence-corrected chi connectivity index (χ2v) is 6.45. The standard InChI is InChI=1S/C18H14ClF3N2O3/c1-9-2-5-14-13(6-9)24-17(26)15(27-14)8-16(25)23-12-7-10(18(20,21)22)3-4-11(12)19/h2-7,15H,8H2,1H3,(H,23,25)(H,24,26)/t15-/m0/s1. The van der Waals surface area contributed by atoms with Crippen LogP contribution >= 0.6 is 11.6 Å². The van der Waals surface area contributed by atoms with Crippen LogP contribution in [0.25, 0.3) is 0 Å². The normalized spacial score (nSPS) is 16.2. The first kappa shape index (κ1) is 19.0. The summed E-state index contributed by atoms with van der Waals surface area (Å²) in [6.45, 7) is 1.85. The molecule has 1 aliphatic rings. The molecule has 2 amide bonds. The van der Waals surface area contributed by atoms with E-state index < -0.39 is 29.7 Å². The van der Waals surface area contributed by atoms with Gasteiger partial charge in [-0.05, 0) is 42.8 Å². The predicted octanol–water partition coefficient (Wildman–Crippen LogP) is 4.40. The van der Waals surface area contributed by atoms with Crippen LogP contribution in [0.1, 0.15) is 17.5 Å². The van der Waals surface area contributed by atoms with Gasteiger partial charge in [-0.25, -0.2) is 0 Å². The summed E-state index contributed by atoms with van der Waals surface area (Å²) < 4.78 is 43.9. The summed E-state index contributed by atoms with van der Waals surface area (Å²) in [6, 6.07) is 7.78. The molecular formula is C18H14ClF3N2O3.